The molecule has 2 aliphatic rings. The van der Waals surface area contributed by atoms with E-state index in [2.05, 4.69) is 18.3 Å². The molecule has 2 aliphatic carbocycles. The Bertz CT molecular complexity index is 472. The number of fused-ring (bicyclic) bond motifs is 2. The summed E-state index contributed by atoms with van der Waals surface area (Å²) in [5.41, 5.74) is 2.41. The van der Waals surface area contributed by atoms with Crippen LogP contribution in [0.3, 0.4) is 0 Å². The molecule has 104 valence electrons. The largest absolute Gasteiger partial charge is 0.493 e. The third kappa shape index (κ3) is 2.26. The zero-order chi connectivity index (χ0) is 13.4. The number of hydrogen-bond donors (Lipinski definition) is 1. The van der Waals surface area contributed by atoms with Crippen molar-refractivity contribution in [3.05, 3.63) is 17.7 Å². The Morgan fingerprint density at radius 1 is 1.05 bits per heavy atom. The fourth-order valence-corrected chi connectivity index (χ4v) is 3.76. The number of rotatable bonds is 4. The van der Waals surface area contributed by atoms with Gasteiger partial charge in [0.15, 0.2) is 11.5 Å². The van der Waals surface area contributed by atoms with Crippen LogP contribution in [0.25, 0.3) is 0 Å². The van der Waals surface area contributed by atoms with E-state index in [0.717, 1.165) is 23.3 Å². The summed E-state index contributed by atoms with van der Waals surface area (Å²) in [6.07, 6.45) is 5.59. The van der Waals surface area contributed by atoms with E-state index in [0.29, 0.717) is 6.04 Å². The predicted octanol–water partition coefficient (Wildman–Crippen LogP) is 3.61. The summed E-state index contributed by atoms with van der Waals surface area (Å²) in [7, 11) is 3.37. The van der Waals surface area contributed by atoms with Gasteiger partial charge in [0.2, 0.25) is 0 Å². The molecule has 2 fully saturated rings. The Balaban J connectivity index is 1.80. The molecule has 3 heteroatoms. The van der Waals surface area contributed by atoms with Crippen LogP contribution in [0.1, 0.15) is 31.2 Å². The first-order valence-corrected chi connectivity index (χ1v) is 7.20. The van der Waals surface area contributed by atoms with Gasteiger partial charge in [-0.2, -0.15) is 0 Å². The standard InChI is InChI=1S/C16H23NO2/c1-10-6-15(18-2)16(19-3)9-13(10)17-14-8-11-4-5-12(14)7-11/h6,9,11-12,14,17H,4-5,7-8H2,1-3H3. The van der Waals surface area contributed by atoms with Crippen molar-refractivity contribution < 1.29 is 9.47 Å². The molecule has 3 rings (SSSR count). The van der Waals surface area contributed by atoms with Crippen molar-refractivity contribution in [1.82, 2.24) is 0 Å². The number of methoxy groups -OCH3 is 2. The van der Waals surface area contributed by atoms with Crippen LogP contribution in [0, 0.1) is 18.8 Å². The average Bonchev–Trinajstić information content (AvgIpc) is 3.03. The van der Waals surface area contributed by atoms with E-state index in [1.54, 1.807) is 14.2 Å². The lowest BCUT2D eigenvalue weighted by Gasteiger charge is -2.25. The van der Waals surface area contributed by atoms with E-state index in [1.165, 1.54) is 36.9 Å². The molecule has 3 nitrogen and oxygen atoms in total. The van der Waals surface area contributed by atoms with Crippen LogP contribution in [0.15, 0.2) is 12.1 Å². The molecule has 3 atom stereocenters. The Hall–Kier alpha value is -1.38. The fraction of sp³-hybridized carbons (Fsp3) is 0.625. The Kier molecular flexibility index (Phi) is 3.29. The van der Waals surface area contributed by atoms with Crippen molar-refractivity contribution in [3.63, 3.8) is 0 Å². The quantitative estimate of drug-likeness (QED) is 0.898. The lowest BCUT2D eigenvalue weighted by atomic mass is 9.95. The summed E-state index contributed by atoms with van der Waals surface area (Å²) in [5, 5.41) is 3.73. The monoisotopic (exact) mass is 261 g/mol. The van der Waals surface area contributed by atoms with Gasteiger partial charge in [-0.1, -0.05) is 6.42 Å². The minimum atomic E-state index is 0.649. The number of nitrogens with one attached hydrogen (secondary N) is 1. The van der Waals surface area contributed by atoms with Gasteiger partial charge >= 0.3 is 0 Å². The number of aryl methyl sites for hydroxylation is 1. The number of ether oxygens (including phenoxy) is 2. The van der Waals surface area contributed by atoms with Gasteiger partial charge in [0.05, 0.1) is 14.2 Å². The van der Waals surface area contributed by atoms with Crippen molar-refractivity contribution in [2.75, 3.05) is 19.5 Å². The summed E-state index contributed by atoms with van der Waals surface area (Å²) in [6.45, 7) is 2.12. The summed E-state index contributed by atoms with van der Waals surface area (Å²) in [6, 6.07) is 4.77. The van der Waals surface area contributed by atoms with Gasteiger partial charge < -0.3 is 14.8 Å². The zero-order valence-corrected chi connectivity index (χ0v) is 12.0. The molecule has 1 N–H and O–H groups in total. The SMILES string of the molecule is COc1cc(C)c(NC2CC3CCC2C3)cc1OC. The van der Waals surface area contributed by atoms with Gasteiger partial charge in [0.1, 0.15) is 0 Å². The Morgan fingerprint density at radius 3 is 2.37 bits per heavy atom. The number of hydrogen-bond acceptors (Lipinski definition) is 3. The van der Waals surface area contributed by atoms with E-state index in [-0.39, 0.29) is 0 Å². The summed E-state index contributed by atoms with van der Waals surface area (Å²) < 4.78 is 10.7. The first kappa shape index (κ1) is 12.6. The summed E-state index contributed by atoms with van der Waals surface area (Å²) in [5.74, 6) is 3.44. The molecule has 0 spiro atoms. The second kappa shape index (κ2) is 4.95. The number of anilines is 1. The molecular formula is C16H23NO2. The second-order valence-electron chi connectivity index (χ2n) is 5.95. The molecule has 1 aromatic rings. The molecule has 0 aromatic heterocycles. The van der Waals surface area contributed by atoms with E-state index < -0.39 is 0 Å². The number of benzene rings is 1. The van der Waals surface area contributed by atoms with Crippen molar-refractivity contribution in [3.8, 4) is 11.5 Å². The van der Waals surface area contributed by atoms with Gasteiger partial charge in [-0.3, -0.25) is 0 Å². The van der Waals surface area contributed by atoms with Crippen LogP contribution in [0.5, 0.6) is 11.5 Å². The molecule has 2 bridgehead atoms. The first-order valence-electron chi connectivity index (χ1n) is 7.20. The van der Waals surface area contributed by atoms with Crippen LogP contribution in [-0.2, 0) is 0 Å². The molecule has 0 aliphatic heterocycles. The maximum atomic E-state index is 5.39. The van der Waals surface area contributed by atoms with Gasteiger partial charge in [0.25, 0.3) is 0 Å². The van der Waals surface area contributed by atoms with Crippen LogP contribution in [-0.4, -0.2) is 20.3 Å². The van der Waals surface area contributed by atoms with Crippen LogP contribution < -0.4 is 14.8 Å². The summed E-state index contributed by atoms with van der Waals surface area (Å²) in [4.78, 5) is 0. The highest BCUT2D eigenvalue weighted by Crippen LogP contribution is 2.46. The molecule has 0 saturated heterocycles. The first-order chi connectivity index (χ1) is 9.21. The van der Waals surface area contributed by atoms with E-state index in [1.807, 2.05) is 6.07 Å². The van der Waals surface area contributed by atoms with Crippen molar-refractivity contribution >= 4 is 5.69 Å². The highest BCUT2D eigenvalue weighted by atomic mass is 16.5. The third-order valence-corrected chi connectivity index (χ3v) is 4.81. The van der Waals surface area contributed by atoms with Gasteiger partial charge in [-0.05, 0) is 49.7 Å². The minimum absolute atomic E-state index is 0.649. The maximum absolute atomic E-state index is 5.39. The predicted molar refractivity (Wildman–Crippen MR) is 77.1 cm³/mol. The Morgan fingerprint density at radius 2 is 1.79 bits per heavy atom. The third-order valence-electron chi connectivity index (χ3n) is 4.81. The normalized spacial score (nSPS) is 28.5. The average molecular weight is 261 g/mol. The highest BCUT2D eigenvalue weighted by molar-refractivity contribution is 5.60. The smallest absolute Gasteiger partial charge is 0.162 e. The maximum Gasteiger partial charge on any atom is 0.162 e. The minimum Gasteiger partial charge on any atom is -0.493 e. The van der Waals surface area contributed by atoms with E-state index in [9.17, 15) is 0 Å². The fourth-order valence-electron chi connectivity index (χ4n) is 3.76. The molecule has 1 aromatic carbocycles. The molecule has 19 heavy (non-hydrogen) atoms. The van der Waals surface area contributed by atoms with Gasteiger partial charge in [-0.15, -0.1) is 0 Å². The molecule has 3 unspecified atom stereocenters. The molecule has 0 amide bonds. The second-order valence-corrected chi connectivity index (χ2v) is 5.95. The lowest BCUT2D eigenvalue weighted by Crippen LogP contribution is -2.26. The van der Waals surface area contributed by atoms with Crippen LogP contribution in [0.4, 0.5) is 5.69 Å². The van der Waals surface area contributed by atoms with E-state index in [4.69, 9.17) is 9.47 Å². The topological polar surface area (TPSA) is 30.5 Å². The van der Waals surface area contributed by atoms with Crippen molar-refractivity contribution in [1.29, 1.82) is 0 Å². The molecular weight excluding hydrogens is 238 g/mol. The van der Waals surface area contributed by atoms with Crippen LogP contribution >= 0.6 is 0 Å². The molecule has 2 saturated carbocycles. The van der Waals surface area contributed by atoms with Crippen molar-refractivity contribution in [2.45, 2.75) is 38.6 Å². The van der Waals surface area contributed by atoms with Gasteiger partial charge in [0, 0.05) is 17.8 Å². The molecule has 0 heterocycles. The van der Waals surface area contributed by atoms with Gasteiger partial charge in [-0.25, -0.2) is 0 Å². The van der Waals surface area contributed by atoms with E-state index >= 15 is 0 Å². The van der Waals surface area contributed by atoms with Crippen LogP contribution in [0.2, 0.25) is 0 Å². The summed E-state index contributed by atoms with van der Waals surface area (Å²) >= 11 is 0. The zero-order valence-electron chi connectivity index (χ0n) is 12.0. The Labute approximate surface area is 115 Å². The highest BCUT2D eigenvalue weighted by Gasteiger charge is 2.39. The van der Waals surface area contributed by atoms with Crippen molar-refractivity contribution in [2.24, 2.45) is 11.8 Å². The lowest BCUT2D eigenvalue weighted by molar-refractivity contribution is 0.354. The molecule has 0 radical (unpaired) electrons.